The van der Waals surface area contributed by atoms with Crippen molar-refractivity contribution in [2.45, 2.75) is 0 Å². The summed E-state index contributed by atoms with van der Waals surface area (Å²) in [6.07, 6.45) is 7.02. The van der Waals surface area contributed by atoms with Crippen LogP contribution in [0.5, 0.6) is 0 Å². The second kappa shape index (κ2) is 11.2. The number of para-hydroxylation sites is 1. The Balaban J connectivity index is 0.00000294. The van der Waals surface area contributed by atoms with Gasteiger partial charge in [0, 0.05) is 42.5 Å². The van der Waals surface area contributed by atoms with E-state index in [1.165, 1.54) is 0 Å². The number of benzene rings is 1. The quantitative estimate of drug-likeness (QED) is 0.335. The van der Waals surface area contributed by atoms with E-state index in [0.717, 1.165) is 30.0 Å². The van der Waals surface area contributed by atoms with Crippen LogP contribution in [-0.4, -0.2) is 91.5 Å². The Labute approximate surface area is 245 Å². The van der Waals surface area contributed by atoms with Crippen LogP contribution in [0.4, 0.5) is 5.69 Å². The number of carboxylic acids is 1. The zero-order valence-electron chi connectivity index (χ0n) is 19.6. The monoisotopic (exact) mass is 536 g/mol. The van der Waals surface area contributed by atoms with E-state index in [4.69, 9.17) is 21.3 Å². The van der Waals surface area contributed by atoms with Crippen LogP contribution in [0.15, 0.2) is 60.9 Å². The molecule has 0 atom stereocenters. The van der Waals surface area contributed by atoms with Gasteiger partial charge in [0.05, 0.1) is 41.4 Å². The van der Waals surface area contributed by atoms with Crippen molar-refractivity contribution in [3.63, 3.8) is 0 Å². The minimum atomic E-state index is -1.01. The average molecular weight is 537 g/mol. The van der Waals surface area contributed by atoms with Crippen LogP contribution < -0.4 is 4.90 Å². The number of aromatic nitrogens is 5. The molecule has 0 amide bonds. The molecule has 0 spiro atoms. The van der Waals surface area contributed by atoms with Gasteiger partial charge < -0.3 is 14.7 Å². The van der Waals surface area contributed by atoms with Gasteiger partial charge in [0.25, 0.3) is 0 Å². The summed E-state index contributed by atoms with van der Waals surface area (Å²) < 4.78 is 7.26. The predicted octanol–water partition coefficient (Wildman–Crippen LogP) is 4.05. The van der Waals surface area contributed by atoms with Crippen molar-refractivity contribution in [2.75, 3.05) is 31.2 Å². The zero-order valence-corrected chi connectivity index (χ0v) is 20.3. The van der Waals surface area contributed by atoms with E-state index in [9.17, 15) is 9.90 Å². The third kappa shape index (κ3) is 5.03. The third-order valence-electron chi connectivity index (χ3n) is 6.23. The molecule has 11 heteroatoms. The number of pyridine rings is 2. The molecule has 9 nitrogen and oxygen atoms in total. The number of carbonyl (C=O) groups is 1. The first kappa shape index (κ1) is 26.3. The molecule has 0 aliphatic carbocycles. The molecule has 1 aliphatic rings. The summed E-state index contributed by atoms with van der Waals surface area (Å²) in [6, 6.07) is 14.3. The first-order valence-corrected chi connectivity index (χ1v) is 12.1. The number of anilines is 1. The van der Waals surface area contributed by atoms with Crippen molar-refractivity contribution in [3.8, 4) is 11.3 Å². The van der Waals surface area contributed by atoms with Crippen LogP contribution in [0.3, 0.4) is 0 Å². The van der Waals surface area contributed by atoms with E-state index < -0.39 is 5.97 Å². The number of imidazole rings is 1. The van der Waals surface area contributed by atoms with Gasteiger partial charge in [-0.25, -0.2) is 19.3 Å². The van der Waals surface area contributed by atoms with E-state index in [1.54, 1.807) is 47.3 Å². The van der Waals surface area contributed by atoms with Gasteiger partial charge in [-0.1, -0.05) is 29.8 Å². The summed E-state index contributed by atoms with van der Waals surface area (Å²) in [5.74, 6) is -1.01. The Bertz CT molecular complexity index is 1670. The number of hydrogen-bond donors (Lipinski definition) is 1. The molecule has 1 saturated heterocycles. The van der Waals surface area contributed by atoms with Crippen molar-refractivity contribution in [1.29, 1.82) is 0 Å². The number of hydrogen-bond acceptors (Lipinski definition) is 7. The fourth-order valence-electron chi connectivity index (χ4n) is 4.54. The van der Waals surface area contributed by atoms with E-state index >= 15 is 0 Å². The standard InChI is InChI=1S/C27H21ClN6O3.Na.H/c28-24-15-23(33-10-12-37-13-11-33)26-31-22(25(34(26)32-24)17-4-3-9-29-16-17)8-7-18-14-20(27(35)36)19-5-1-2-6-21(19)30-18;;/h1-9,14-16H,10-13H2,(H,35,36);;. The van der Waals surface area contributed by atoms with E-state index in [2.05, 4.69) is 20.0 Å². The maximum absolute atomic E-state index is 11.9. The van der Waals surface area contributed by atoms with Crippen LogP contribution in [0.2, 0.25) is 5.15 Å². The molecule has 1 N–H and O–H groups in total. The van der Waals surface area contributed by atoms with Crippen molar-refractivity contribution in [2.24, 2.45) is 0 Å². The summed E-state index contributed by atoms with van der Waals surface area (Å²) in [5.41, 5.74) is 4.98. The van der Waals surface area contributed by atoms with Gasteiger partial charge in [0.2, 0.25) is 0 Å². The SMILES string of the molecule is O=C(O)c1cc(C=Cc2nc3c(N4CCOCC4)cc(Cl)nn3c2-c2cccnc2)nc2ccccc12.[NaH]. The van der Waals surface area contributed by atoms with Crippen molar-refractivity contribution >= 4 is 81.5 Å². The first-order valence-electron chi connectivity index (χ1n) is 11.7. The fourth-order valence-corrected chi connectivity index (χ4v) is 4.72. The van der Waals surface area contributed by atoms with Gasteiger partial charge >= 0.3 is 35.5 Å². The second-order valence-electron chi connectivity index (χ2n) is 8.52. The van der Waals surface area contributed by atoms with Crippen LogP contribution in [-0.2, 0) is 4.74 Å². The van der Waals surface area contributed by atoms with Gasteiger partial charge in [-0.15, -0.1) is 0 Å². The number of nitrogens with zero attached hydrogens (tertiary/aromatic N) is 6. The van der Waals surface area contributed by atoms with Crippen LogP contribution in [0.1, 0.15) is 21.7 Å². The number of aromatic carboxylic acids is 1. The van der Waals surface area contributed by atoms with Crippen molar-refractivity contribution in [3.05, 3.63) is 83.0 Å². The molecule has 0 radical (unpaired) electrons. The molecule has 0 bridgehead atoms. The summed E-state index contributed by atoms with van der Waals surface area (Å²) >= 11 is 6.47. The van der Waals surface area contributed by atoms with Crippen LogP contribution in [0.25, 0.3) is 40.0 Å². The van der Waals surface area contributed by atoms with E-state index in [-0.39, 0.29) is 35.1 Å². The van der Waals surface area contributed by atoms with Gasteiger partial charge in [-0.2, -0.15) is 5.10 Å². The van der Waals surface area contributed by atoms with Crippen LogP contribution >= 0.6 is 11.6 Å². The average Bonchev–Trinajstić information content (AvgIpc) is 3.30. The van der Waals surface area contributed by atoms with Crippen LogP contribution in [0, 0.1) is 0 Å². The Morgan fingerprint density at radius 2 is 1.87 bits per heavy atom. The molecule has 6 rings (SSSR count). The molecule has 4 aromatic heterocycles. The molecule has 0 saturated carbocycles. The minimum absolute atomic E-state index is 0. The van der Waals surface area contributed by atoms with E-state index in [1.807, 2.05) is 30.3 Å². The topological polar surface area (TPSA) is 106 Å². The second-order valence-corrected chi connectivity index (χ2v) is 8.91. The fraction of sp³-hybridized carbons (Fsp3) is 0.148. The Kier molecular flexibility index (Phi) is 7.73. The Hall–Kier alpha value is -3.34. The molecule has 5 heterocycles. The third-order valence-corrected chi connectivity index (χ3v) is 6.41. The van der Waals surface area contributed by atoms with Gasteiger partial charge in [0.15, 0.2) is 10.8 Å². The zero-order chi connectivity index (χ0) is 25.4. The van der Waals surface area contributed by atoms with Gasteiger partial charge in [-0.05, 0) is 36.4 Å². The first-order chi connectivity index (χ1) is 18.1. The normalized spacial score (nSPS) is 13.8. The number of halogens is 1. The van der Waals surface area contributed by atoms with Gasteiger partial charge in [-0.3, -0.25) is 4.98 Å². The number of carboxylic acid groups (broad SMARTS) is 1. The summed E-state index contributed by atoms with van der Waals surface area (Å²) in [7, 11) is 0. The molecule has 1 aromatic carbocycles. The number of ether oxygens (including phenoxy) is 1. The molecular weight excluding hydrogens is 515 g/mol. The number of fused-ring (bicyclic) bond motifs is 2. The molecule has 0 unspecified atom stereocenters. The molecule has 1 aliphatic heterocycles. The maximum atomic E-state index is 11.9. The molecule has 5 aromatic rings. The van der Waals surface area contributed by atoms with Gasteiger partial charge in [0.1, 0.15) is 5.69 Å². The Morgan fingerprint density at radius 1 is 1.05 bits per heavy atom. The predicted molar refractivity (Wildman–Crippen MR) is 149 cm³/mol. The molecule has 38 heavy (non-hydrogen) atoms. The summed E-state index contributed by atoms with van der Waals surface area (Å²) in [6.45, 7) is 2.67. The molecule has 186 valence electrons. The summed E-state index contributed by atoms with van der Waals surface area (Å²) in [5, 5.41) is 15.3. The molecular formula is C27H22ClN6NaO3. The molecule has 1 fully saturated rings. The number of rotatable bonds is 5. The van der Waals surface area contributed by atoms with Crippen molar-refractivity contribution in [1.82, 2.24) is 24.6 Å². The summed E-state index contributed by atoms with van der Waals surface area (Å²) in [4.78, 5) is 27.9. The van der Waals surface area contributed by atoms with Crippen molar-refractivity contribution < 1.29 is 14.6 Å². The Morgan fingerprint density at radius 3 is 2.63 bits per heavy atom. The van der Waals surface area contributed by atoms with E-state index in [0.29, 0.717) is 46.3 Å². The number of morpholine rings is 1.